The van der Waals surface area contributed by atoms with Gasteiger partial charge in [0.15, 0.2) is 17.4 Å². The van der Waals surface area contributed by atoms with Gasteiger partial charge in [0, 0.05) is 0 Å². The number of hydrogen-bond donors (Lipinski definition) is 0. The van der Waals surface area contributed by atoms with Crippen LogP contribution in [0.25, 0.3) is 0 Å². The third-order valence-electron chi connectivity index (χ3n) is 1.21. The van der Waals surface area contributed by atoms with E-state index in [1.807, 2.05) is 0 Å². The zero-order valence-corrected chi connectivity index (χ0v) is 7.85. The number of ether oxygens (including phenoxy) is 1. The summed E-state index contributed by atoms with van der Waals surface area (Å²) in [6, 6.07) is 2.53. The van der Waals surface area contributed by atoms with Crippen LogP contribution in [0, 0.1) is 15.2 Å². The molecule has 4 heteroatoms. The van der Waals surface area contributed by atoms with Crippen LogP contribution >= 0.6 is 22.6 Å². The van der Waals surface area contributed by atoms with E-state index in [2.05, 4.69) is 4.74 Å². The summed E-state index contributed by atoms with van der Waals surface area (Å²) in [5.74, 6) is -1.64. The lowest BCUT2D eigenvalue weighted by Gasteiger charge is -2.03. The number of methoxy groups -OCH3 is 1. The van der Waals surface area contributed by atoms with Crippen molar-refractivity contribution in [2.24, 2.45) is 0 Å². The molecule has 0 heterocycles. The van der Waals surface area contributed by atoms with Gasteiger partial charge in [0.05, 0.1) is 10.7 Å². The minimum absolute atomic E-state index is 0.322. The quantitative estimate of drug-likeness (QED) is 0.563. The van der Waals surface area contributed by atoms with Gasteiger partial charge in [-0.3, -0.25) is 0 Å². The van der Waals surface area contributed by atoms with Gasteiger partial charge in [-0.05, 0) is 34.7 Å². The van der Waals surface area contributed by atoms with Crippen LogP contribution in [0.1, 0.15) is 0 Å². The molecule has 0 aromatic heterocycles. The van der Waals surface area contributed by atoms with Gasteiger partial charge in [0.25, 0.3) is 0 Å². The Bertz CT molecular complexity index is 275. The molecule has 0 aliphatic heterocycles. The minimum atomic E-state index is -0.676. The monoisotopic (exact) mass is 270 g/mol. The topological polar surface area (TPSA) is 9.23 Å². The van der Waals surface area contributed by atoms with Crippen LogP contribution in [-0.4, -0.2) is 7.11 Å². The molecule has 0 aliphatic carbocycles. The van der Waals surface area contributed by atoms with Crippen LogP contribution in [0.4, 0.5) is 8.78 Å². The standard InChI is InChI=1S/C7H5F2IO/c1-11-7-4(8)2-3-5(10)6(7)9/h2-3H,1H3. The van der Waals surface area contributed by atoms with E-state index in [0.717, 1.165) is 0 Å². The van der Waals surface area contributed by atoms with Gasteiger partial charge in [-0.15, -0.1) is 0 Å². The summed E-state index contributed by atoms with van der Waals surface area (Å²) in [5.41, 5.74) is 0. The van der Waals surface area contributed by atoms with Crippen LogP contribution in [0.5, 0.6) is 5.75 Å². The highest BCUT2D eigenvalue weighted by Crippen LogP contribution is 2.24. The second-order valence-electron chi connectivity index (χ2n) is 1.88. The van der Waals surface area contributed by atoms with Crippen molar-refractivity contribution in [3.63, 3.8) is 0 Å². The zero-order chi connectivity index (χ0) is 8.43. The Morgan fingerprint density at radius 1 is 1.36 bits per heavy atom. The summed E-state index contributed by atoms with van der Waals surface area (Å²) in [6.45, 7) is 0. The van der Waals surface area contributed by atoms with E-state index in [1.54, 1.807) is 22.6 Å². The van der Waals surface area contributed by atoms with Gasteiger partial charge >= 0.3 is 0 Å². The Labute approximate surface area is 76.5 Å². The lowest BCUT2D eigenvalue weighted by Crippen LogP contribution is -1.94. The SMILES string of the molecule is COc1c(F)ccc(I)c1F. The maximum Gasteiger partial charge on any atom is 0.191 e. The molecule has 0 atom stereocenters. The van der Waals surface area contributed by atoms with Crippen LogP contribution in [0.15, 0.2) is 12.1 Å². The van der Waals surface area contributed by atoms with E-state index in [9.17, 15) is 8.78 Å². The second-order valence-corrected chi connectivity index (χ2v) is 3.04. The lowest BCUT2D eigenvalue weighted by atomic mass is 10.3. The molecule has 0 N–H and O–H groups in total. The molecule has 0 saturated carbocycles. The highest BCUT2D eigenvalue weighted by Gasteiger charge is 2.11. The van der Waals surface area contributed by atoms with Crippen molar-refractivity contribution in [3.05, 3.63) is 27.3 Å². The molecule has 1 aromatic rings. The van der Waals surface area contributed by atoms with Gasteiger partial charge in [-0.25, -0.2) is 8.78 Å². The zero-order valence-electron chi connectivity index (χ0n) is 5.70. The van der Waals surface area contributed by atoms with Crippen molar-refractivity contribution < 1.29 is 13.5 Å². The first kappa shape index (κ1) is 8.70. The molecule has 0 radical (unpaired) electrons. The van der Waals surface area contributed by atoms with Crippen molar-refractivity contribution in [2.45, 2.75) is 0 Å². The first-order valence-electron chi connectivity index (χ1n) is 2.84. The molecule has 60 valence electrons. The van der Waals surface area contributed by atoms with Gasteiger partial charge < -0.3 is 4.74 Å². The first-order valence-corrected chi connectivity index (χ1v) is 3.92. The normalized spacial score (nSPS) is 9.82. The van der Waals surface area contributed by atoms with Crippen molar-refractivity contribution in [1.29, 1.82) is 0 Å². The molecule has 0 aliphatic rings. The van der Waals surface area contributed by atoms with E-state index in [4.69, 9.17) is 0 Å². The van der Waals surface area contributed by atoms with Gasteiger partial charge in [-0.1, -0.05) is 0 Å². The largest absolute Gasteiger partial charge is 0.491 e. The maximum atomic E-state index is 12.9. The smallest absolute Gasteiger partial charge is 0.191 e. The molecule has 0 saturated heterocycles. The molecule has 0 fully saturated rings. The van der Waals surface area contributed by atoms with Crippen LogP contribution in [0.3, 0.4) is 0 Å². The predicted molar refractivity (Wildman–Crippen MR) is 45.6 cm³/mol. The van der Waals surface area contributed by atoms with Crippen molar-refractivity contribution in [3.8, 4) is 5.75 Å². The maximum absolute atomic E-state index is 12.9. The molecule has 1 aromatic carbocycles. The van der Waals surface area contributed by atoms with E-state index < -0.39 is 11.6 Å². The second kappa shape index (κ2) is 3.34. The first-order chi connectivity index (χ1) is 5.16. The van der Waals surface area contributed by atoms with Crippen molar-refractivity contribution in [1.82, 2.24) is 0 Å². The number of halogens is 3. The van der Waals surface area contributed by atoms with Crippen molar-refractivity contribution in [2.75, 3.05) is 7.11 Å². The molecular weight excluding hydrogens is 265 g/mol. The third-order valence-corrected chi connectivity index (χ3v) is 2.04. The fourth-order valence-corrected chi connectivity index (χ4v) is 1.12. The Balaban J connectivity index is 3.29. The molecule has 0 spiro atoms. The molecule has 1 rings (SSSR count). The molecule has 0 unspecified atom stereocenters. The van der Waals surface area contributed by atoms with E-state index in [-0.39, 0.29) is 5.75 Å². The average molecular weight is 270 g/mol. The fraction of sp³-hybridized carbons (Fsp3) is 0.143. The summed E-state index contributed by atoms with van der Waals surface area (Å²) >= 11 is 1.77. The summed E-state index contributed by atoms with van der Waals surface area (Å²) in [7, 11) is 1.23. The van der Waals surface area contributed by atoms with E-state index in [1.165, 1.54) is 19.2 Å². The summed E-state index contributed by atoms with van der Waals surface area (Å²) < 4.78 is 30.4. The molecule has 0 bridgehead atoms. The van der Waals surface area contributed by atoms with Crippen molar-refractivity contribution >= 4 is 22.6 Å². The minimum Gasteiger partial charge on any atom is -0.491 e. The van der Waals surface area contributed by atoms with E-state index in [0.29, 0.717) is 3.57 Å². The number of hydrogen-bond acceptors (Lipinski definition) is 1. The average Bonchev–Trinajstić information content (AvgIpc) is 1.99. The van der Waals surface area contributed by atoms with E-state index >= 15 is 0 Å². The highest BCUT2D eigenvalue weighted by molar-refractivity contribution is 14.1. The Morgan fingerprint density at radius 3 is 2.45 bits per heavy atom. The Hall–Kier alpha value is -0.390. The summed E-state index contributed by atoms with van der Waals surface area (Å²) in [6.07, 6.45) is 0. The predicted octanol–water partition coefficient (Wildman–Crippen LogP) is 2.58. The Kier molecular flexibility index (Phi) is 2.64. The molecule has 11 heavy (non-hydrogen) atoms. The number of rotatable bonds is 1. The molecule has 0 amide bonds. The summed E-state index contributed by atoms with van der Waals surface area (Å²) in [5, 5.41) is 0. The lowest BCUT2D eigenvalue weighted by molar-refractivity contribution is 0.358. The molecular formula is C7H5F2IO. The third kappa shape index (κ3) is 1.61. The van der Waals surface area contributed by atoms with Crippen LogP contribution in [0.2, 0.25) is 0 Å². The van der Waals surface area contributed by atoms with Gasteiger partial charge in [0.1, 0.15) is 0 Å². The van der Waals surface area contributed by atoms with Crippen LogP contribution < -0.4 is 4.74 Å². The van der Waals surface area contributed by atoms with Crippen LogP contribution in [-0.2, 0) is 0 Å². The highest BCUT2D eigenvalue weighted by atomic mass is 127. The molecule has 1 nitrogen and oxygen atoms in total. The Morgan fingerprint density at radius 2 is 2.00 bits per heavy atom. The van der Waals surface area contributed by atoms with Gasteiger partial charge in [-0.2, -0.15) is 0 Å². The van der Waals surface area contributed by atoms with Gasteiger partial charge in [0.2, 0.25) is 0 Å². The number of benzene rings is 1. The summed E-state index contributed by atoms with van der Waals surface area (Å²) in [4.78, 5) is 0. The fourth-order valence-electron chi connectivity index (χ4n) is 0.696.